The van der Waals surface area contributed by atoms with E-state index in [1.165, 1.54) is 19.3 Å². The molecule has 1 fully saturated rings. The maximum Gasteiger partial charge on any atom is 0.303 e. The lowest BCUT2D eigenvalue weighted by Gasteiger charge is -2.38. The molecule has 1 saturated carbocycles. The molecule has 0 amide bonds. The van der Waals surface area contributed by atoms with Crippen LogP contribution in [0, 0.1) is 11.3 Å². The average Bonchev–Trinajstić information content (AvgIpc) is 1.94. The molecule has 1 aliphatic carbocycles. The maximum atomic E-state index is 10.6. The highest BCUT2D eigenvalue weighted by molar-refractivity contribution is 5.67. The van der Waals surface area contributed by atoms with E-state index < -0.39 is 5.97 Å². The van der Waals surface area contributed by atoms with Crippen molar-refractivity contribution in [1.82, 2.24) is 0 Å². The molecule has 0 aliphatic heterocycles. The number of hydrogen-bond donors (Lipinski definition) is 1. The van der Waals surface area contributed by atoms with Gasteiger partial charge in [-0.2, -0.15) is 0 Å². The fraction of sp³-hybridized carbons (Fsp3) is 0.900. The lowest BCUT2D eigenvalue weighted by atomic mass is 9.66. The number of rotatable bonds is 2. The van der Waals surface area contributed by atoms with Crippen LogP contribution in [0.3, 0.4) is 0 Å². The molecule has 2 heteroatoms. The number of aliphatic carboxylic acids is 1. The van der Waals surface area contributed by atoms with Crippen LogP contribution < -0.4 is 0 Å². The van der Waals surface area contributed by atoms with Crippen LogP contribution in [0.2, 0.25) is 0 Å². The molecule has 0 aromatic heterocycles. The van der Waals surface area contributed by atoms with Crippen molar-refractivity contribution in [3.05, 3.63) is 0 Å². The molecule has 0 saturated heterocycles. The minimum atomic E-state index is -0.647. The summed E-state index contributed by atoms with van der Waals surface area (Å²) in [6.45, 7) is 4.30. The van der Waals surface area contributed by atoms with Crippen molar-refractivity contribution in [2.45, 2.75) is 46.0 Å². The summed E-state index contributed by atoms with van der Waals surface area (Å²) < 4.78 is 0. The first-order valence-electron chi connectivity index (χ1n) is 4.76. The van der Waals surface area contributed by atoms with Crippen LogP contribution in [-0.4, -0.2) is 11.1 Å². The first-order valence-corrected chi connectivity index (χ1v) is 4.76. The minimum absolute atomic E-state index is 0.0596. The number of carboxylic acids is 1. The average molecular weight is 170 g/mol. The molecule has 0 spiro atoms. The van der Waals surface area contributed by atoms with Crippen molar-refractivity contribution in [2.24, 2.45) is 11.3 Å². The summed E-state index contributed by atoms with van der Waals surface area (Å²) in [4.78, 5) is 10.6. The van der Waals surface area contributed by atoms with Gasteiger partial charge in [0, 0.05) is 0 Å². The van der Waals surface area contributed by atoms with Crippen LogP contribution in [0.5, 0.6) is 0 Å². The molecule has 0 bridgehead atoms. The van der Waals surface area contributed by atoms with Crippen LogP contribution in [-0.2, 0) is 4.79 Å². The first kappa shape index (κ1) is 9.56. The zero-order valence-electron chi connectivity index (χ0n) is 7.97. The Kier molecular flexibility index (Phi) is 2.76. The van der Waals surface area contributed by atoms with Crippen LogP contribution in [0.15, 0.2) is 0 Å². The Morgan fingerprint density at radius 3 is 2.75 bits per heavy atom. The highest BCUT2D eigenvalue weighted by atomic mass is 16.4. The molecule has 0 radical (unpaired) electrons. The van der Waals surface area contributed by atoms with E-state index >= 15 is 0 Å². The van der Waals surface area contributed by atoms with Crippen molar-refractivity contribution in [3.8, 4) is 0 Å². The summed E-state index contributed by atoms with van der Waals surface area (Å²) in [5.41, 5.74) is 0.0596. The van der Waals surface area contributed by atoms with Crippen molar-refractivity contribution < 1.29 is 9.90 Å². The van der Waals surface area contributed by atoms with E-state index in [-0.39, 0.29) is 5.41 Å². The fourth-order valence-electron chi connectivity index (χ4n) is 2.18. The number of hydrogen-bond acceptors (Lipinski definition) is 1. The Morgan fingerprint density at radius 2 is 2.25 bits per heavy atom. The standard InChI is InChI=1S/C10H18O2/c1-8-5-3-4-6-10(8,2)7-9(11)12/h8H,3-7H2,1-2H3,(H,11,12). The third-order valence-corrected chi connectivity index (χ3v) is 3.38. The molecular weight excluding hydrogens is 152 g/mol. The zero-order chi connectivity index (χ0) is 9.19. The Labute approximate surface area is 74.0 Å². The Balaban J connectivity index is 2.59. The smallest absolute Gasteiger partial charge is 0.303 e. The molecule has 70 valence electrons. The van der Waals surface area contributed by atoms with Gasteiger partial charge in [0.25, 0.3) is 0 Å². The van der Waals surface area contributed by atoms with E-state index in [0.29, 0.717) is 12.3 Å². The molecule has 0 aromatic rings. The molecule has 0 aromatic carbocycles. The highest BCUT2D eigenvalue weighted by Gasteiger charge is 2.35. The Bertz CT molecular complexity index is 177. The molecule has 2 unspecified atom stereocenters. The largest absolute Gasteiger partial charge is 0.481 e. The van der Waals surface area contributed by atoms with Gasteiger partial charge in [-0.15, -0.1) is 0 Å². The first-order chi connectivity index (χ1) is 5.54. The van der Waals surface area contributed by atoms with E-state index in [1.54, 1.807) is 0 Å². The van der Waals surface area contributed by atoms with Crippen LogP contribution in [0.4, 0.5) is 0 Å². The third kappa shape index (κ3) is 1.99. The van der Waals surface area contributed by atoms with Gasteiger partial charge in [0.05, 0.1) is 6.42 Å². The van der Waals surface area contributed by atoms with Crippen LogP contribution >= 0.6 is 0 Å². The quantitative estimate of drug-likeness (QED) is 0.691. The summed E-state index contributed by atoms with van der Waals surface area (Å²) in [5.74, 6) is -0.0754. The van der Waals surface area contributed by atoms with Gasteiger partial charge in [0.1, 0.15) is 0 Å². The SMILES string of the molecule is CC1CCCCC1(C)CC(=O)O. The Hall–Kier alpha value is -0.530. The fourth-order valence-corrected chi connectivity index (χ4v) is 2.18. The van der Waals surface area contributed by atoms with Crippen molar-refractivity contribution in [3.63, 3.8) is 0 Å². The predicted octanol–water partition coefficient (Wildman–Crippen LogP) is 2.68. The summed E-state index contributed by atoms with van der Waals surface area (Å²) >= 11 is 0. The zero-order valence-corrected chi connectivity index (χ0v) is 7.97. The Morgan fingerprint density at radius 1 is 1.58 bits per heavy atom. The molecule has 0 heterocycles. The number of carboxylic acid groups (broad SMARTS) is 1. The lowest BCUT2D eigenvalue weighted by Crippen LogP contribution is -2.31. The van der Waals surface area contributed by atoms with E-state index in [1.807, 2.05) is 0 Å². The van der Waals surface area contributed by atoms with Crippen molar-refractivity contribution in [2.75, 3.05) is 0 Å². The van der Waals surface area contributed by atoms with E-state index in [0.717, 1.165) is 6.42 Å². The van der Waals surface area contributed by atoms with Gasteiger partial charge in [0.2, 0.25) is 0 Å². The highest BCUT2D eigenvalue weighted by Crippen LogP contribution is 2.43. The lowest BCUT2D eigenvalue weighted by molar-refractivity contribution is -0.141. The number of carbonyl (C=O) groups is 1. The van der Waals surface area contributed by atoms with Crippen LogP contribution in [0.25, 0.3) is 0 Å². The van der Waals surface area contributed by atoms with Gasteiger partial charge in [0.15, 0.2) is 0 Å². The normalized spacial score (nSPS) is 36.3. The van der Waals surface area contributed by atoms with Crippen molar-refractivity contribution in [1.29, 1.82) is 0 Å². The van der Waals surface area contributed by atoms with Gasteiger partial charge in [-0.3, -0.25) is 4.79 Å². The summed E-state index contributed by atoms with van der Waals surface area (Å²) in [5, 5.41) is 8.75. The molecule has 1 N–H and O–H groups in total. The second-order valence-electron chi connectivity index (χ2n) is 4.37. The minimum Gasteiger partial charge on any atom is -0.481 e. The molecule has 1 aliphatic rings. The molecular formula is C10H18O2. The van der Waals surface area contributed by atoms with Gasteiger partial charge in [-0.05, 0) is 17.8 Å². The van der Waals surface area contributed by atoms with Gasteiger partial charge in [-0.25, -0.2) is 0 Å². The van der Waals surface area contributed by atoms with Gasteiger partial charge < -0.3 is 5.11 Å². The summed E-state index contributed by atoms with van der Waals surface area (Å²) in [6.07, 6.45) is 5.10. The predicted molar refractivity (Wildman–Crippen MR) is 48.0 cm³/mol. The van der Waals surface area contributed by atoms with Crippen molar-refractivity contribution >= 4 is 5.97 Å². The second kappa shape index (κ2) is 3.46. The van der Waals surface area contributed by atoms with E-state index in [2.05, 4.69) is 13.8 Å². The topological polar surface area (TPSA) is 37.3 Å². The van der Waals surface area contributed by atoms with Gasteiger partial charge >= 0.3 is 5.97 Å². The maximum absolute atomic E-state index is 10.6. The monoisotopic (exact) mass is 170 g/mol. The second-order valence-corrected chi connectivity index (χ2v) is 4.37. The van der Waals surface area contributed by atoms with E-state index in [4.69, 9.17) is 5.11 Å². The van der Waals surface area contributed by atoms with E-state index in [9.17, 15) is 4.79 Å². The molecule has 2 nitrogen and oxygen atoms in total. The van der Waals surface area contributed by atoms with Gasteiger partial charge in [-0.1, -0.05) is 33.1 Å². The molecule has 12 heavy (non-hydrogen) atoms. The molecule has 1 rings (SSSR count). The molecule has 2 atom stereocenters. The van der Waals surface area contributed by atoms with Crippen LogP contribution in [0.1, 0.15) is 46.0 Å². The summed E-state index contributed by atoms with van der Waals surface area (Å²) in [7, 11) is 0. The third-order valence-electron chi connectivity index (χ3n) is 3.38. The summed E-state index contributed by atoms with van der Waals surface area (Å²) in [6, 6.07) is 0.